The molecule has 354 valence electrons. The molecular weight excluding hydrogens is 978 g/mol. The molecule has 0 aliphatic carbocycles. The lowest BCUT2D eigenvalue weighted by atomic mass is 10.1. The molecule has 0 saturated carbocycles. The number of thiophene rings is 1. The van der Waals surface area contributed by atoms with E-state index in [1.54, 1.807) is 128 Å². The minimum Gasteiger partial charge on any atom is -0.491 e. The summed E-state index contributed by atoms with van der Waals surface area (Å²) in [6.45, 7) is 5.15. The maximum Gasteiger partial charge on any atom is 0.271 e. The molecule has 5 aromatic carbocycles. The molecule has 4 aromatic heterocycles. The van der Waals surface area contributed by atoms with Gasteiger partial charge in [0.25, 0.3) is 30.1 Å². The van der Waals surface area contributed by atoms with Gasteiger partial charge in [-0.2, -0.15) is 0 Å². The Labute approximate surface area is 408 Å². The lowest BCUT2D eigenvalue weighted by molar-refractivity contribution is 0.242. The average molecular weight is 1020 g/mol. The van der Waals surface area contributed by atoms with Crippen LogP contribution in [-0.2, 0) is 30.1 Å². The van der Waals surface area contributed by atoms with Crippen molar-refractivity contribution in [1.29, 1.82) is 0 Å². The standard InChI is InChI=1S/C18H17N3O3S.C18H18N2O3S.C13H9ClN2O2S2/c1-21-9-10-24-18-11-14(5-6-17(18)21)25(22,23)20-16-4-2-3-13-12-19-8-7-15(13)16;1-13(2)23-15-6-8-16(9-7-15)24(21,22)20-18-5-3-4-14-12-19-11-10-17(14)18;14-12-4-5-13(19-12)20(17,18)16-11-3-1-2-9-8-15-7-6-10(9)11/h2-8,11-12,20H,9-10H2,1H3;3-13,20H,1-2H3;1-8,16H. The van der Waals surface area contributed by atoms with Crippen molar-refractivity contribution in [1.82, 2.24) is 15.0 Å². The van der Waals surface area contributed by atoms with Crippen molar-refractivity contribution in [3.8, 4) is 11.5 Å². The number of fused-ring (bicyclic) bond motifs is 4. The van der Waals surface area contributed by atoms with Crippen LogP contribution in [-0.4, -0.2) is 66.5 Å². The summed E-state index contributed by atoms with van der Waals surface area (Å²) in [7, 11) is -9.06. The number of likely N-dealkylation sites (N-methyl/N-ethyl adjacent to an activating group) is 1. The van der Waals surface area contributed by atoms with Crippen molar-refractivity contribution < 1.29 is 34.7 Å². The third kappa shape index (κ3) is 11.6. The molecule has 9 aromatic rings. The highest BCUT2D eigenvalue weighted by molar-refractivity contribution is 7.94. The second-order valence-corrected chi connectivity index (χ2v) is 22.6. The van der Waals surface area contributed by atoms with Crippen molar-refractivity contribution in [3.63, 3.8) is 0 Å². The maximum atomic E-state index is 12.8. The highest BCUT2D eigenvalue weighted by Crippen LogP contribution is 2.35. The van der Waals surface area contributed by atoms with Gasteiger partial charge in [0.1, 0.15) is 22.3 Å². The fourth-order valence-corrected chi connectivity index (χ4v) is 11.9. The molecule has 0 amide bonds. The summed E-state index contributed by atoms with van der Waals surface area (Å²) in [5.74, 6) is 1.22. The van der Waals surface area contributed by atoms with E-state index in [4.69, 9.17) is 21.1 Å². The van der Waals surface area contributed by atoms with Crippen molar-refractivity contribution >= 4 is 108 Å². The van der Waals surface area contributed by atoms with E-state index in [9.17, 15) is 25.3 Å². The van der Waals surface area contributed by atoms with Gasteiger partial charge in [-0.1, -0.05) is 48.0 Å². The molecule has 0 unspecified atom stereocenters. The molecule has 69 heavy (non-hydrogen) atoms. The summed E-state index contributed by atoms with van der Waals surface area (Å²) >= 11 is 6.80. The van der Waals surface area contributed by atoms with Crippen molar-refractivity contribution in [3.05, 3.63) is 169 Å². The predicted molar refractivity (Wildman–Crippen MR) is 274 cm³/mol. The first-order valence-corrected chi connectivity index (χ1v) is 26.8. The molecule has 0 bridgehead atoms. The molecule has 1 aliphatic rings. The van der Waals surface area contributed by atoms with Gasteiger partial charge in [0.15, 0.2) is 0 Å². The van der Waals surface area contributed by atoms with Gasteiger partial charge >= 0.3 is 0 Å². The Kier molecular flexibility index (Phi) is 14.5. The number of aromatic nitrogens is 3. The Morgan fingerprint density at radius 3 is 1.57 bits per heavy atom. The van der Waals surface area contributed by atoms with Crippen LogP contribution >= 0.6 is 22.9 Å². The lowest BCUT2D eigenvalue weighted by Gasteiger charge is -2.27. The predicted octanol–water partition coefficient (Wildman–Crippen LogP) is 10.4. The first-order valence-electron chi connectivity index (χ1n) is 21.1. The number of pyridine rings is 3. The Morgan fingerprint density at radius 2 is 1.09 bits per heavy atom. The lowest BCUT2D eigenvalue weighted by Crippen LogP contribution is -2.29. The largest absolute Gasteiger partial charge is 0.491 e. The van der Waals surface area contributed by atoms with Crippen LogP contribution in [0.3, 0.4) is 0 Å². The molecule has 0 radical (unpaired) electrons. The number of sulfonamides is 3. The van der Waals surface area contributed by atoms with Gasteiger partial charge in [-0.3, -0.25) is 29.1 Å². The van der Waals surface area contributed by atoms with Gasteiger partial charge in [-0.05, 0) is 98.8 Å². The zero-order chi connectivity index (χ0) is 48.8. The van der Waals surface area contributed by atoms with Crippen LogP contribution in [0.25, 0.3) is 32.3 Å². The number of rotatable bonds is 11. The van der Waals surface area contributed by atoms with Crippen molar-refractivity contribution in [2.24, 2.45) is 0 Å². The SMILES string of the molecule is CC(C)Oc1ccc(S(=O)(=O)Nc2cccc3cnccc23)cc1.CN1CCOc2cc(S(=O)(=O)Nc3cccc4cnccc34)ccc21.O=S(=O)(Nc1cccc2cnccc12)c1ccc(Cl)s1. The summed E-state index contributed by atoms with van der Waals surface area (Å²) < 4.78 is 95.1. The summed E-state index contributed by atoms with van der Waals surface area (Å²) in [4.78, 5) is 14.5. The zero-order valence-corrected chi connectivity index (χ0v) is 41.2. The maximum absolute atomic E-state index is 12.8. The van der Waals surface area contributed by atoms with E-state index in [0.717, 1.165) is 55.9 Å². The van der Waals surface area contributed by atoms with Crippen molar-refractivity contribution in [2.45, 2.75) is 34.0 Å². The number of nitrogens with one attached hydrogen (secondary N) is 3. The first-order chi connectivity index (χ1) is 33.1. The number of anilines is 4. The molecule has 10 rings (SSSR count). The van der Waals surface area contributed by atoms with Crippen LogP contribution in [0.15, 0.2) is 179 Å². The Morgan fingerprint density at radius 1 is 0.609 bits per heavy atom. The van der Waals surface area contributed by atoms with Gasteiger partial charge in [-0.25, -0.2) is 25.3 Å². The minimum atomic E-state index is -3.72. The Hall–Kier alpha value is -7.03. The molecule has 5 heterocycles. The summed E-state index contributed by atoms with van der Waals surface area (Å²) in [6, 6.07) is 35.9. The molecule has 0 saturated heterocycles. The quantitative estimate of drug-likeness (QED) is 0.111. The van der Waals surface area contributed by atoms with Crippen LogP contribution in [0.5, 0.6) is 11.5 Å². The summed E-state index contributed by atoms with van der Waals surface area (Å²) in [5.41, 5.74) is 2.46. The van der Waals surface area contributed by atoms with Crippen molar-refractivity contribution in [2.75, 3.05) is 39.3 Å². The van der Waals surface area contributed by atoms with E-state index < -0.39 is 30.1 Å². The van der Waals surface area contributed by atoms with Gasteiger partial charge < -0.3 is 14.4 Å². The van der Waals surface area contributed by atoms with Crippen LogP contribution in [0.2, 0.25) is 4.34 Å². The number of hydrogen-bond donors (Lipinski definition) is 3. The number of hydrogen-bond acceptors (Lipinski definition) is 13. The number of benzene rings is 5. The monoisotopic (exact) mass is 1020 g/mol. The minimum absolute atomic E-state index is 0.0369. The topological polar surface area (TPSA) is 199 Å². The fourth-order valence-electron chi connectivity index (χ4n) is 7.15. The second kappa shape index (κ2) is 20.7. The van der Waals surface area contributed by atoms with E-state index in [1.807, 2.05) is 44.0 Å². The smallest absolute Gasteiger partial charge is 0.271 e. The molecule has 3 N–H and O–H groups in total. The Balaban J connectivity index is 0.000000140. The van der Waals surface area contributed by atoms with Crippen LogP contribution in [0, 0.1) is 0 Å². The highest BCUT2D eigenvalue weighted by Gasteiger charge is 2.22. The van der Waals surface area contributed by atoms with Crippen LogP contribution < -0.4 is 28.5 Å². The summed E-state index contributed by atoms with van der Waals surface area (Å²) in [5, 5.41) is 5.02. The fraction of sp³-hybridized carbons (Fsp3) is 0.122. The van der Waals surface area contributed by atoms with E-state index in [2.05, 4.69) is 29.1 Å². The van der Waals surface area contributed by atoms with E-state index in [1.165, 1.54) is 18.2 Å². The van der Waals surface area contributed by atoms with Crippen LogP contribution in [0.4, 0.5) is 22.7 Å². The van der Waals surface area contributed by atoms with Gasteiger partial charge in [0.2, 0.25) is 0 Å². The number of halogens is 1. The summed E-state index contributed by atoms with van der Waals surface area (Å²) in [6.07, 6.45) is 10.0. The second-order valence-electron chi connectivity index (χ2n) is 15.6. The molecule has 20 heteroatoms. The normalized spacial score (nSPS) is 12.5. The van der Waals surface area contributed by atoms with E-state index in [0.29, 0.717) is 39.5 Å². The Bertz CT molecular complexity index is 3620. The first kappa shape index (κ1) is 48.4. The van der Waals surface area contributed by atoms with Gasteiger partial charge in [-0.15, -0.1) is 11.3 Å². The third-order valence-corrected chi connectivity index (χ3v) is 16.3. The van der Waals surface area contributed by atoms with E-state index >= 15 is 0 Å². The highest BCUT2D eigenvalue weighted by atomic mass is 35.5. The third-order valence-electron chi connectivity index (χ3n) is 10.4. The molecule has 15 nitrogen and oxygen atoms in total. The number of ether oxygens (including phenoxy) is 2. The number of nitrogens with zero attached hydrogens (tertiary/aromatic N) is 4. The molecular formula is C49H44ClN7O8S4. The molecule has 0 atom stereocenters. The molecule has 0 fully saturated rings. The average Bonchev–Trinajstić information content (AvgIpc) is 3.79. The van der Waals surface area contributed by atoms with Gasteiger partial charge in [0.05, 0.1) is 49.5 Å². The molecule has 0 spiro atoms. The van der Waals surface area contributed by atoms with Gasteiger partial charge in [0, 0.05) is 82.6 Å². The van der Waals surface area contributed by atoms with Crippen LogP contribution in [0.1, 0.15) is 13.8 Å². The zero-order valence-electron chi connectivity index (χ0n) is 37.1. The van der Waals surface area contributed by atoms with E-state index in [-0.39, 0.29) is 20.1 Å². The molecule has 1 aliphatic heterocycles.